The summed E-state index contributed by atoms with van der Waals surface area (Å²) in [6, 6.07) is 2.41. The molecular weight excluding hydrogens is 236 g/mol. The van der Waals surface area contributed by atoms with Crippen molar-refractivity contribution in [3.63, 3.8) is 0 Å². The van der Waals surface area contributed by atoms with Crippen LogP contribution in [0, 0.1) is 11.3 Å². The molecule has 2 unspecified atom stereocenters. The molecule has 0 aromatic carbocycles. The third-order valence-electron chi connectivity index (χ3n) is 3.25. The van der Waals surface area contributed by atoms with Crippen molar-refractivity contribution in [2.24, 2.45) is 7.05 Å². The minimum absolute atomic E-state index is 0.373. The van der Waals surface area contributed by atoms with Crippen LogP contribution in [0.1, 0.15) is 25.7 Å². The van der Waals surface area contributed by atoms with Gasteiger partial charge in [-0.05, 0) is 43.2 Å². The molecule has 2 rings (SSSR count). The van der Waals surface area contributed by atoms with Crippen LogP contribution in [0.4, 0.5) is 0 Å². The highest BCUT2D eigenvalue weighted by atomic mass is 32.2. The normalized spacial score (nSPS) is 28.9. The van der Waals surface area contributed by atoms with E-state index >= 15 is 0 Å². The zero-order valence-corrected chi connectivity index (χ0v) is 10.9. The van der Waals surface area contributed by atoms with Crippen LogP contribution in [0.2, 0.25) is 0 Å². The average Bonchev–Trinajstić information content (AvgIpc) is 2.75. The molecule has 0 bridgehead atoms. The van der Waals surface area contributed by atoms with E-state index in [2.05, 4.69) is 26.9 Å². The van der Waals surface area contributed by atoms with Crippen LogP contribution in [0.15, 0.2) is 5.16 Å². The second kappa shape index (κ2) is 5.02. The highest BCUT2D eigenvalue weighted by Gasteiger charge is 2.36. The standard InChI is InChI=1S/C10H16N6S/c1-12-10(7-11)5-3-4-8(6-10)17-9-13-14-15-16(9)2/h8,12H,3-6H2,1-2H3. The predicted octanol–water partition coefficient (Wildman–Crippen LogP) is 0.727. The second-order valence-electron chi connectivity index (χ2n) is 4.37. The quantitative estimate of drug-likeness (QED) is 0.854. The Morgan fingerprint density at radius 2 is 2.47 bits per heavy atom. The molecule has 1 aliphatic carbocycles. The van der Waals surface area contributed by atoms with Crippen LogP contribution in [-0.4, -0.2) is 38.0 Å². The van der Waals surface area contributed by atoms with E-state index in [4.69, 9.17) is 0 Å². The lowest BCUT2D eigenvalue weighted by atomic mass is 9.83. The van der Waals surface area contributed by atoms with Crippen molar-refractivity contribution in [3.8, 4) is 6.07 Å². The summed E-state index contributed by atoms with van der Waals surface area (Å²) in [6.45, 7) is 0. The van der Waals surface area contributed by atoms with Crippen LogP contribution in [0.3, 0.4) is 0 Å². The number of nitriles is 1. The third kappa shape index (κ3) is 2.58. The van der Waals surface area contributed by atoms with Gasteiger partial charge in [0.1, 0.15) is 5.54 Å². The van der Waals surface area contributed by atoms with Gasteiger partial charge < -0.3 is 5.32 Å². The molecule has 1 aliphatic rings. The van der Waals surface area contributed by atoms with Crippen LogP contribution in [-0.2, 0) is 7.05 Å². The van der Waals surface area contributed by atoms with E-state index < -0.39 is 0 Å². The summed E-state index contributed by atoms with van der Waals surface area (Å²) in [4.78, 5) is 0. The fourth-order valence-corrected chi connectivity index (χ4v) is 3.40. The van der Waals surface area contributed by atoms with Crippen molar-refractivity contribution in [1.82, 2.24) is 25.5 Å². The van der Waals surface area contributed by atoms with Crippen molar-refractivity contribution >= 4 is 11.8 Å². The number of nitrogens with one attached hydrogen (secondary N) is 1. The van der Waals surface area contributed by atoms with E-state index in [0.717, 1.165) is 30.8 Å². The summed E-state index contributed by atoms with van der Waals surface area (Å²) in [5, 5.41) is 25.1. The first-order valence-electron chi connectivity index (χ1n) is 5.68. The number of thioether (sulfide) groups is 1. The molecule has 0 spiro atoms. The fourth-order valence-electron chi connectivity index (χ4n) is 2.18. The Labute approximate surface area is 105 Å². The topological polar surface area (TPSA) is 79.4 Å². The molecule has 1 fully saturated rings. The van der Waals surface area contributed by atoms with Gasteiger partial charge in [-0.2, -0.15) is 5.26 Å². The van der Waals surface area contributed by atoms with Gasteiger partial charge in [-0.15, -0.1) is 5.10 Å². The van der Waals surface area contributed by atoms with Gasteiger partial charge in [0.05, 0.1) is 6.07 Å². The lowest BCUT2D eigenvalue weighted by Crippen LogP contribution is -2.46. The number of nitrogens with zero attached hydrogens (tertiary/aromatic N) is 5. The molecule has 92 valence electrons. The van der Waals surface area contributed by atoms with E-state index in [-0.39, 0.29) is 5.54 Å². The number of tetrazole rings is 1. The Morgan fingerprint density at radius 3 is 3.06 bits per heavy atom. The van der Waals surface area contributed by atoms with Crippen molar-refractivity contribution in [3.05, 3.63) is 0 Å². The zero-order valence-electron chi connectivity index (χ0n) is 10.1. The number of hydrogen-bond acceptors (Lipinski definition) is 6. The van der Waals surface area contributed by atoms with Gasteiger partial charge in [0.2, 0.25) is 5.16 Å². The monoisotopic (exact) mass is 252 g/mol. The largest absolute Gasteiger partial charge is 0.302 e. The maximum Gasteiger partial charge on any atom is 0.209 e. The summed E-state index contributed by atoms with van der Waals surface area (Å²) < 4.78 is 1.67. The number of aromatic nitrogens is 4. The summed E-state index contributed by atoms with van der Waals surface area (Å²) in [6.07, 6.45) is 3.95. The van der Waals surface area contributed by atoms with E-state index in [1.165, 1.54) is 0 Å². The fraction of sp³-hybridized carbons (Fsp3) is 0.800. The van der Waals surface area contributed by atoms with Gasteiger partial charge in [-0.1, -0.05) is 11.8 Å². The van der Waals surface area contributed by atoms with Gasteiger partial charge in [0.15, 0.2) is 0 Å². The molecule has 0 aliphatic heterocycles. The summed E-state index contributed by atoms with van der Waals surface area (Å²) >= 11 is 1.67. The first kappa shape index (κ1) is 12.3. The Hall–Kier alpha value is -1.13. The molecule has 1 heterocycles. The number of aryl methyl sites for hydroxylation is 1. The SMILES string of the molecule is CNC1(C#N)CCCC(Sc2nnnn2C)C1. The van der Waals surface area contributed by atoms with Crippen molar-refractivity contribution in [2.75, 3.05) is 7.05 Å². The smallest absolute Gasteiger partial charge is 0.209 e. The van der Waals surface area contributed by atoms with E-state index in [1.807, 2.05) is 14.1 Å². The van der Waals surface area contributed by atoms with Crippen LogP contribution < -0.4 is 5.32 Å². The second-order valence-corrected chi connectivity index (χ2v) is 5.63. The van der Waals surface area contributed by atoms with Crippen LogP contribution >= 0.6 is 11.8 Å². The average molecular weight is 252 g/mol. The summed E-state index contributed by atoms with van der Waals surface area (Å²) in [5.41, 5.74) is -0.373. The Balaban J connectivity index is 2.04. The molecule has 0 saturated heterocycles. The molecule has 0 radical (unpaired) electrons. The van der Waals surface area contributed by atoms with Gasteiger partial charge in [-0.3, -0.25) is 0 Å². The van der Waals surface area contributed by atoms with Gasteiger partial charge in [0.25, 0.3) is 0 Å². The molecule has 1 saturated carbocycles. The summed E-state index contributed by atoms with van der Waals surface area (Å²) in [5.74, 6) is 0. The molecule has 7 heteroatoms. The lowest BCUT2D eigenvalue weighted by Gasteiger charge is -2.34. The molecule has 2 atom stereocenters. The van der Waals surface area contributed by atoms with E-state index in [9.17, 15) is 5.26 Å². The number of hydrogen-bond donors (Lipinski definition) is 1. The predicted molar refractivity (Wildman–Crippen MR) is 64.3 cm³/mol. The third-order valence-corrected chi connectivity index (χ3v) is 4.54. The van der Waals surface area contributed by atoms with E-state index in [0.29, 0.717) is 5.25 Å². The Morgan fingerprint density at radius 1 is 1.65 bits per heavy atom. The van der Waals surface area contributed by atoms with E-state index in [1.54, 1.807) is 16.4 Å². The van der Waals surface area contributed by atoms with Crippen LogP contribution in [0.5, 0.6) is 0 Å². The molecule has 1 aromatic rings. The molecule has 6 nitrogen and oxygen atoms in total. The maximum atomic E-state index is 9.27. The minimum Gasteiger partial charge on any atom is -0.302 e. The van der Waals surface area contributed by atoms with Crippen LogP contribution in [0.25, 0.3) is 0 Å². The maximum absolute atomic E-state index is 9.27. The van der Waals surface area contributed by atoms with Gasteiger partial charge in [0, 0.05) is 12.3 Å². The molecular formula is C10H16N6S. The summed E-state index contributed by atoms with van der Waals surface area (Å²) in [7, 11) is 3.70. The Kier molecular flexibility index (Phi) is 3.64. The molecule has 1 aromatic heterocycles. The minimum atomic E-state index is -0.373. The molecule has 1 N–H and O–H groups in total. The van der Waals surface area contributed by atoms with Gasteiger partial charge >= 0.3 is 0 Å². The number of rotatable bonds is 3. The van der Waals surface area contributed by atoms with Crippen molar-refractivity contribution in [1.29, 1.82) is 5.26 Å². The first-order chi connectivity index (χ1) is 8.19. The zero-order chi connectivity index (χ0) is 12.3. The molecule has 17 heavy (non-hydrogen) atoms. The molecule has 0 amide bonds. The van der Waals surface area contributed by atoms with Gasteiger partial charge in [-0.25, -0.2) is 4.68 Å². The first-order valence-corrected chi connectivity index (χ1v) is 6.56. The highest BCUT2D eigenvalue weighted by Crippen LogP contribution is 2.36. The highest BCUT2D eigenvalue weighted by molar-refractivity contribution is 7.99. The lowest BCUT2D eigenvalue weighted by molar-refractivity contribution is 0.323. The Bertz CT molecular complexity index is 425. The van der Waals surface area contributed by atoms with Crippen molar-refractivity contribution < 1.29 is 0 Å². The van der Waals surface area contributed by atoms with Crippen molar-refractivity contribution in [2.45, 2.75) is 41.6 Å².